The van der Waals surface area contributed by atoms with Crippen molar-refractivity contribution in [3.8, 4) is 0 Å². The van der Waals surface area contributed by atoms with E-state index in [0.29, 0.717) is 0 Å². The second-order valence-corrected chi connectivity index (χ2v) is 5.37. The monoisotopic (exact) mass is 291 g/mol. The van der Waals surface area contributed by atoms with Gasteiger partial charge in [0.25, 0.3) is 0 Å². The smallest absolute Gasteiger partial charge is 0.125 e. The molecule has 0 amide bonds. The van der Waals surface area contributed by atoms with Gasteiger partial charge in [0, 0.05) is 10.0 Å². The van der Waals surface area contributed by atoms with Crippen LogP contribution in [0.1, 0.15) is 23.2 Å². The highest BCUT2D eigenvalue weighted by Gasteiger charge is 2.20. The quantitative estimate of drug-likeness (QED) is 0.925. The first-order valence-electron chi connectivity index (χ1n) is 5.82. The van der Waals surface area contributed by atoms with Crippen molar-refractivity contribution < 1.29 is 0 Å². The van der Waals surface area contributed by atoms with E-state index in [9.17, 15) is 0 Å². The van der Waals surface area contributed by atoms with E-state index >= 15 is 0 Å². The summed E-state index contributed by atoms with van der Waals surface area (Å²) in [5.74, 6) is 0.845. The summed E-state index contributed by atoms with van der Waals surface area (Å²) >= 11 is 3.48. The molecule has 0 spiro atoms. The van der Waals surface area contributed by atoms with E-state index in [-0.39, 0.29) is 0 Å². The molecule has 17 heavy (non-hydrogen) atoms. The lowest BCUT2D eigenvalue weighted by Gasteiger charge is -2.06. The first-order valence-corrected chi connectivity index (χ1v) is 6.62. The average Bonchev–Trinajstić information content (AvgIpc) is 2.84. The molecule has 0 fully saturated rings. The number of rotatable bonds is 2. The van der Waals surface area contributed by atoms with Gasteiger partial charge in [0.05, 0.1) is 12.2 Å². The fourth-order valence-electron chi connectivity index (χ4n) is 2.40. The Bertz CT molecular complexity index is 560. The van der Waals surface area contributed by atoms with E-state index < -0.39 is 0 Å². The number of hydrogen-bond donors (Lipinski definition) is 1. The molecule has 0 saturated carbocycles. The Hall–Kier alpha value is -1.29. The first-order chi connectivity index (χ1) is 8.24. The topological polar surface area (TPSA) is 43.8 Å². The summed E-state index contributed by atoms with van der Waals surface area (Å²) in [6, 6.07) is 8.26. The maximum Gasteiger partial charge on any atom is 0.125 e. The molecular weight excluding hydrogens is 278 g/mol. The predicted molar refractivity (Wildman–Crippen MR) is 71.9 cm³/mol. The fraction of sp³-hybridized carbons (Fsp3) is 0.308. The number of halogens is 1. The summed E-state index contributed by atoms with van der Waals surface area (Å²) < 4.78 is 3.01. The van der Waals surface area contributed by atoms with Crippen LogP contribution in [0.25, 0.3) is 0 Å². The Kier molecular flexibility index (Phi) is 2.67. The van der Waals surface area contributed by atoms with Crippen molar-refractivity contribution in [2.45, 2.75) is 25.8 Å². The van der Waals surface area contributed by atoms with Crippen molar-refractivity contribution in [2.75, 3.05) is 5.73 Å². The number of hydrogen-bond acceptors (Lipinski definition) is 2. The average molecular weight is 292 g/mol. The van der Waals surface area contributed by atoms with E-state index in [2.05, 4.69) is 33.2 Å². The standard InChI is InChI=1S/C13H14BrN3/c14-10-4-1-3-9(7-10)8-17-13(15)11-5-2-6-12(11)16-17/h1,3-4,7H,2,5-6,8,15H2. The van der Waals surface area contributed by atoms with Crippen molar-refractivity contribution in [1.82, 2.24) is 9.78 Å². The third-order valence-corrected chi connectivity index (χ3v) is 3.73. The minimum absolute atomic E-state index is 0.748. The van der Waals surface area contributed by atoms with Crippen molar-refractivity contribution in [2.24, 2.45) is 0 Å². The van der Waals surface area contributed by atoms with Crippen LogP contribution < -0.4 is 5.73 Å². The van der Waals surface area contributed by atoms with Crippen LogP contribution in [0.2, 0.25) is 0 Å². The van der Waals surface area contributed by atoms with Crippen LogP contribution >= 0.6 is 15.9 Å². The zero-order chi connectivity index (χ0) is 11.8. The maximum absolute atomic E-state index is 6.13. The van der Waals surface area contributed by atoms with Gasteiger partial charge in [0.1, 0.15) is 5.82 Å². The number of nitrogens with zero attached hydrogens (tertiary/aromatic N) is 2. The molecule has 1 aromatic carbocycles. The van der Waals surface area contributed by atoms with Gasteiger partial charge in [-0.25, -0.2) is 4.68 Å². The Morgan fingerprint density at radius 3 is 3.00 bits per heavy atom. The summed E-state index contributed by atoms with van der Waals surface area (Å²) in [6.45, 7) is 0.748. The summed E-state index contributed by atoms with van der Waals surface area (Å²) in [5, 5.41) is 4.59. The van der Waals surface area contributed by atoms with Crippen LogP contribution in [-0.4, -0.2) is 9.78 Å². The molecule has 0 saturated heterocycles. The van der Waals surface area contributed by atoms with Gasteiger partial charge in [0.2, 0.25) is 0 Å². The number of nitrogen functional groups attached to an aromatic ring is 1. The number of fused-ring (bicyclic) bond motifs is 1. The number of nitrogens with two attached hydrogens (primary N) is 1. The zero-order valence-electron chi connectivity index (χ0n) is 9.49. The molecule has 0 aliphatic heterocycles. The zero-order valence-corrected chi connectivity index (χ0v) is 11.1. The Balaban J connectivity index is 1.91. The van der Waals surface area contributed by atoms with Gasteiger partial charge in [-0.2, -0.15) is 5.10 Å². The van der Waals surface area contributed by atoms with Gasteiger partial charge in [-0.05, 0) is 37.0 Å². The fourth-order valence-corrected chi connectivity index (χ4v) is 2.84. The van der Waals surface area contributed by atoms with Gasteiger partial charge >= 0.3 is 0 Å². The van der Waals surface area contributed by atoms with E-state index in [1.807, 2.05) is 16.8 Å². The summed E-state index contributed by atoms with van der Waals surface area (Å²) in [7, 11) is 0. The highest BCUT2D eigenvalue weighted by Crippen LogP contribution is 2.27. The molecule has 1 aliphatic rings. The van der Waals surface area contributed by atoms with E-state index in [0.717, 1.165) is 29.7 Å². The van der Waals surface area contributed by atoms with Gasteiger partial charge < -0.3 is 5.73 Å². The van der Waals surface area contributed by atoms with Crippen LogP contribution in [0.15, 0.2) is 28.7 Å². The lowest BCUT2D eigenvalue weighted by atomic mass is 10.2. The van der Waals surface area contributed by atoms with E-state index in [1.165, 1.54) is 23.2 Å². The summed E-state index contributed by atoms with van der Waals surface area (Å²) in [5.41, 5.74) is 9.80. The minimum Gasteiger partial charge on any atom is -0.384 e. The largest absolute Gasteiger partial charge is 0.384 e. The van der Waals surface area contributed by atoms with Crippen molar-refractivity contribution in [3.05, 3.63) is 45.6 Å². The third kappa shape index (κ3) is 1.97. The van der Waals surface area contributed by atoms with Gasteiger partial charge in [-0.1, -0.05) is 28.1 Å². The predicted octanol–water partition coefficient (Wildman–Crippen LogP) is 2.76. The molecule has 3 nitrogen and oxygen atoms in total. The summed E-state index contributed by atoms with van der Waals surface area (Å²) in [6.07, 6.45) is 3.35. The number of anilines is 1. The SMILES string of the molecule is Nc1c2c(nn1Cc1cccc(Br)c1)CCC2. The first kappa shape index (κ1) is 10.8. The third-order valence-electron chi connectivity index (χ3n) is 3.24. The van der Waals surface area contributed by atoms with Gasteiger partial charge in [0.15, 0.2) is 0 Å². The van der Waals surface area contributed by atoms with Crippen molar-refractivity contribution in [3.63, 3.8) is 0 Å². The maximum atomic E-state index is 6.13. The normalized spacial score (nSPS) is 13.9. The van der Waals surface area contributed by atoms with Crippen LogP contribution in [0.4, 0.5) is 5.82 Å². The van der Waals surface area contributed by atoms with Gasteiger partial charge in [-0.15, -0.1) is 0 Å². The molecular formula is C13H14BrN3. The molecule has 88 valence electrons. The summed E-state index contributed by atoms with van der Waals surface area (Å²) in [4.78, 5) is 0. The molecule has 1 aliphatic carbocycles. The van der Waals surface area contributed by atoms with Crippen LogP contribution in [0.3, 0.4) is 0 Å². The van der Waals surface area contributed by atoms with Crippen molar-refractivity contribution >= 4 is 21.7 Å². The second-order valence-electron chi connectivity index (χ2n) is 4.45. The van der Waals surface area contributed by atoms with Crippen LogP contribution in [0.5, 0.6) is 0 Å². The molecule has 1 heterocycles. The van der Waals surface area contributed by atoms with E-state index in [1.54, 1.807) is 0 Å². The molecule has 3 rings (SSSR count). The molecule has 0 bridgehead atoms. The number of aryl methyl sites for hydroxylation is 1. The molecule has 4 heteroatoms. The Labute approximate surface area is 109 Å². The van der Waals surface area contributed by atoms with Crippen LogP contribution in [0, 0.1) is 0 Å². The lowest BCUT2D eigenvalue weighted by Crippen LogP contribution is -2.07. The van der Waals surface area contributed by atoms with Crippen molar-refractivity contribution in [1.29, 1.82) is 0 Å². The molecule has 0 unspecified atom stereocenters. The number of benzene rings is 1. The molecule has 0 atom stereocenters. The Morgan fingerprint density at radius 1 is 1.35 bits per heavy atom. The van der Waals surface area contributed by atoms with Crippen LogP contribution in [-0.2, 0) is 19.4 Å². The highest BCUT2D eigenvalue weighted by atomic mass is 79.9. The minimum atomic E-state index is 0.748. The molecule has 2 N–H and O–H groups in total. The Morgan fingerprint density at radius 2 is 2.24 bits per heavy atom. The van der Waals surface area contributed by atoms with Gasteiger partial charge in [-0.3, -0.25) is 0 Å². The second kappa shape index (κ2) is 4.18. The lowest BCUT2D eigenvalue weighted by molar-refractivity contribution is 0.673. The number of aromatic nitrogens is 2. The molecule has 1 aromatic heterocycles. The molecule has 0 radical (unpaired) electrons. The highest BCUT2D eigenvalue weighted by molar-refractivity contribution is 9.10. The molecule has 2 aromatic rings. The van der Waals surface area contributed by atoms with E-state index in [4.69, 9.17) is 5.73 Å².